The second kappa shape index (κ2) is 8.61. The van der Waals surface area contributed by atoms with E-state index in [2.05, 4.69) is 9.97 Å². The van der Waals surface area contributed by atoms with E-state index in [4.69, 9.17) is 4.74 Å². The maximum Gasteiger partial charge on any atom is 0.130 e. The van der Waals surface area contributed by atoms with Crippen molar-refractivity contribution in [2.45, 2.75) is 18.9 Å². The van der Waals surface area contributed by atoms with E-state index in [1.54, 1.807) is 24.5 Å². The fourth-order valence-electron chi connectivity index (χ4n) is 3.25. The van der Waals surface area contributed by atoms with Crippen LogP contribution in [0.4, 0.5) is 4.39 Å². The first-order valence-electron chi connectivity index (χ1n) is 9.34. The Balaban J connectivity index is 1.46. The Hall–Kier alpha value is -3.60. The number of aldehydes is 1. The number of halogens is 1. The molecule has 1 unspecified atom stereocenters. The molecule has 0 spiro atoms. The minimum Gasteiger partial charge on any atom is -0.487 e. The van der Waals surface area contributed by atoms with Gasteiger partial charge in [-0.05, 0) is 47.9 Å². The zero-order valence-corrected chi connectivity index (χ0v) is 15.7. The summed E-state index contributed by atoms with van der Waals surface area (Å²) in [6, 6.07) is 20.0. The Morgan fingerprint density at radius 2 is 1.83 bits per heavy atom. The van der Waals surface area contributed by atoms with Gasteiger partial charge in [0, 0.05) is 29.8 Å². The van der Waals surface area contributed by atoms with Crippen LogP contribution in [0.1, 0.15) is 22.7 Å². The first-order valence-corrected chi connectivity index (χ1v) is 9.34. The molecule has 2 aromatic carbocycles. The van der Waals surface area contributed by atoms with Crippen LogP contribution >= 0.6 is 0 Å². The molecule has 5 heteroatoms. The molecule has 4 rings (SSSR count). The summed E-state index contributed by atoms with van der Waals surface area (Å²) in [6.07, 6.45) is 4.51. The molecule has 0 bridgehead atoms. The number of hydrogen-bond donors (Lipinski definition) is 0. The van der Waals surface area contributed by atoms with E-state index in [1.807, 2.05) is 48.5 Å². The van der Waals surface area contributed by atoms with Crippen LogP contribution in [0.2, 0.25) is 0 Å². The van der Waals surface area contributed by atoms with Crippen LogP contribution in [0.5, 0.6) is 5.75 Å². The molecule has 0 radical (unpaired) electrons. The number of hydrogen-bond acceptors (Lipinski definition) is 4. The highest BCUT2D eigenvalue weighted by molar-refractivity contribution is 5.78. The average Bonchev–Trinajstić information content (AvgIpc) is 2.77. The monoisotopic (exact) mass is 386 g/mol. The van der Waals surface area contributed by atoms with Crippen molar-refractivity contribution in [2.75, 3.05) is 0 Å². The molecule has 0 saturated heterocycles. The van der Waals surface area contributed by atoms with Crippen molar-refractivity contribution in [3.8, 4) is 5.75 Å². The molecule has 2 heterocycles. The summed E-state index contributed by atoms with van der Waals surface area (Å²) in [5, 5.41) is 1.06. The van der Waals surface area contributed by atoms with E-state index in [-0.39, 0.29) is 6.61 Å². The molecule has 0 saturated carbocycles. The van der Waals surface area contributed by atoms with Crippen LogP contribution in [-0.4, -0.2) is 16.3 Å². The van der Waals surface area contributed by atoms with E-state index < -0.39 is 11.7 Å². The van der Waals surface area contributed by atoms with Gasteiger partial charge in [-0.1, -0.05) is 30.3 Å². The summed E-state index contributed by atoms with van der Waals surface area (Å²) in [6.45, 7) is 0.234. The number of carbonyl (C=O) groups is 1. The highest BCUT2D eigenvalue weighted by Gasteiger charge is 2.16. The van der Waals surface area contributed by atoms with E-state index in [1.165, 1.54) is 6.07 Å². The third kappa shape index (κ3) is 4.46. The van der Waals surface area contributed by atoms with Gasteiger partial charge in [-0.15, -0.1) is 0 Å². The molecule has 0 aliphatic heterocycles. The van der Waals surface area contributed by atoms with E-state index in [0.717, 1.165) is 28.4 Å². The molecule has 4 nitrogen and oxygen atoms in total. The summed E-state index contributed by atoms with van der Waals surface area (Å²) >= 11 is 0. The molecule has 0 aliphatic rings. The summed E-state index contributed by atoms with van der Waals surface area (Å²) in [5.74, 6) is -0.622. The molecule has 0 N–H and O–H groups in total. The lowest BCUT2D eigenvalue weighted by atomic mass is 9.93. The molecule has 2 aromatic heterocycles. The van der Waals surface area contributed by atoms with Gasteiger partial charge in [0.05, 0.1) is 11.2 Å². The summed E-state index contributed by atoms with van der Waals surface area (Å²) in [4.78, 5) is 20.0. The fraction of sp³-hybridized carbons (Fsp3) is 0.125. The van der Waals surface area contributed by atoms with Crippen LogP contribution in [0.3, 0.4) is 0 Å². The van der Waals surface area contributed by atoms with E-state index in [0.29, 0.717) is 17.7 Å². The normalized spacial score (nSPS) is 11.9. The van der Waals surface area contributed by atoms with Gasteiger partial charge in [-0.25, -0.2) is 9.37 Å². The van der Waals surface area contributed by atoms with Crippen molar-refractivity contribution in [3.63, 3.8) is 0 Å². The van der Waals surface area contributed by atoms with Crippen molar-refractivity contribution in [3.05, 3.63) is 102 Å². The van der Waals surface area contributed by atoms with Crippen LogP contribution in [0.15, 0.2) is 79.1 Å². The molecule has 0 fully saturated rings. The SMILES string of the molecule is O=CC(Cc1ccncc1)c1ccc(OCc2ccc3ccccc3n2)cc1F. The Morgan fingerprint density at radius 1 is 1.00 bits per heavy atom. The second-order valence-electron chi connectivity index (χ2n) is 6.77. The number of pyridine rings is 2. The lowest BCUT2D eigenvalue weighted by Gasteiger charge is -2.13. The highest BCUT2D eigenvalue weighted by Crippen LogP contribution is 2.26. The van der Waals surface area contributed by atoms with Gasteiger partial charge in [0.15, 0.2) is 0 Å². The van der Waals surface area contributed by atoms with Gasteiger partial charge in [-0.2, -0.15) is 0 Å². The fourth-order valence-corrected chi connectivity index (χ4v) is 3.25. The zero-order valence-electron chi connectivity index (χ0n) is 15.7. The predicted octanol–water partition coefficient (Wildman–Crippen LogP) is 4.87. The number of nitrogens with zero attached hydrogens (tertiary/aromatic N) is 2. The van der Waals surface area contributed by atoms with Crippen LogP contribution < -0.4 is 4.74 Å². The molecule has 0 amide bonds. The molecule has 4 aromatic rings. The lowest BCUT2D eigenvalue weighted by molar-refractivity contribution is -0.109. The minimum atomic E-state index is -0.561. The van der Waals surface area contributed by atoms with Crippen molar-refractivity contribution >= 4 is 17.2 Å². The third-order valence-corrected chi connectivity index (χ3v) is 4.78. The second-order valence-corrected chi connectivity index (χ2v) is 6.77. The van der Waals surface area contributed by atoms with E-state index in [9.17, 15) is 9.18 Å². The van der Waals surface area contributed by atoms with Crippen molar-refractivity contribution in [1.29, 1.82) is 0 Å². The van der Waals surface area contributed by atoms with Crippen molar-refractivity contribution in [2.24, 2.45) is 0 Å². The molecule has 0 aliphatic carbocycles. The summed E-state index contributed by atoms with van der Waals surface area (Å²) < 4.78 is 20.4. The van der Waals surface area contributed by atoms with Crippen LogP contribution in [0.25, 0.3) is 10.9 Å². The Labute approximate surface area is 168 Å². The molecule has 29 heavy (non-hydrogen) atoms. The highest BCUT2D eigenvalue weighted by atomic mass is 19.1. The van der Waals surface area contributed by atoms with Gasteiger partial charge in [0.1, 0.15) is 24.5 Å². The number of para-hydroxylation sites is 1. The van der Waals surface area contributed by atoms with Crippen molar-refractivity contribution < 1.29 is 13.9 Å². The largest absolute Gasteiger partial charge is 0.487 e. The molecular weight excluding hydrogens is 367 g/mol. The maximum atomic E-state index is 14.7. The van der Waals surface area contributed by atoms with Gasteiger partial charge in [0.25, 0.3) is 0 Å². The lowest BCUT2D eigenvalue weighted by Crippen LogP contribution is -2.07. The Morgan fingerprint density at radius 3 is 2.62 bits per heavy atom. The number of fused-ring (bicyclic) bond motifs is 1. The Kier molecular flexibility index (Phi) is 5.56. The topological polar surface area (TPSA) is 52.1 Å². The maximum absolute atomic E-state index is 14.7. The first-order chi connectivity index (χ1) is 14.2. The molecule has 1 atom stereocenters. The number of benzene rings is 2. The van der Waals surface area contributed by atoms with Crippen LogP contribution in [-0.2, 0) is 17.8 Å². The standard InChI is InChI=1S/C24H19FN2O2/c25-23-14-21(29-16-20-6-5-18-3-1-2-4-24(18)27-20)7-8-22(23)19(15-28)13-17-9-11-26-12-10-17/h1-12,14-15,19H,13,16H2. The van der Waals surface area contributed by atoms with Crippen LogP contribution in [0, 0.1) is 5.82 Å². The minimum absolute atomic E-state index is 0.234. The average molecular weight is 386 g/mol. The molecular formula is C24H19FN2O2. The predicted molar refractivity (Wildman–Crippen MR) is 109 cm³/mol. The third-order valence-electron chi connectivity index (χ3n) is 4.78. The molecule has 144 valence electrons. The van der Waals surface area contributed by atoms with Gasteiger partial charge in [-0.3, -0.25) is 4.98 Å². The number of aromatic nitrogens is 2. The Bertz CT molecular complexity index is 1130. The zero-order chi connectivity index (χ0) is 20.1. The first kappa shape index (κ1) is 18.7. The van der Waals surface area contributed by atoms with Gasteiger partial charge in [0.2, 0.25) is 0 Å². The smallest absolute Gasteiger partial charge is 0.130 e. The quantitative estimate of drug-likeness (QED) is 0.425. The summed E-state index contributed by atoms with van der Waals surface area (Å²) in [5.41, 5.74) is 2.93. The van der Waals surface area contributed by atoms with Gasteiger partial charge >= 0.3 is 0 Å². The number of ether oxygens (including phenoxy) is 1. The summed E-state index contributed by atoms with van der Waals surface area (Å²) in [7, 11) is 0. The van der Waals surface area contributed by atoms with Gasteiger partial charge < -0.3 is 9.53 Å². The number of carbonyl (C=O) groups excluding carboxylic acids is 1. The number of rotatable bonds is 7. The van der Waals surface area contributed by atoms with Crippen molar-refractivity contribution in [1.82, 2.24) is 9.97 Å². The van der Waals surface area contributed by atoms with E-state index >= 15 is 0 Å².